The second-order valence-electron chi connectivity index (χ2n) is 6.27. The molecule has 0 radical (unpaired) electrons. The lowest BCUT2D eigenvalue weighted by Crippen LogP contribution is -2.50. The first-order valence-electron chi connectivity index (χ1n) is 9.01. The summed E-state index contributed by atoms with van der Waals surface area (Å²) in [5, 5.41) is 2.46. The smallest absolute Gasteiger partial charge is 0.340 e. The SMILES string of the molecule is CCOC(=O)c1ccccc1N1CCN(C(=O)Nc2ccc(F)cc2F)CC1. The standard InChI is InChI=1S/C20H21F2N3O3/c1-2-28-19(26)15-5-3-4-6-18(15)24-9-11-25(12-10-24)20(27)23-17-8-7-14(21)13-16(17)22/h3-8,13H,2,9-12H2,1H3,(H,23,27). The van der Waals surface area contributed by atoms with Crippen molar-refractivity contribution in [1.82, 2.24) is 4.90 Å². The molecule has 1 fully saturated rings. The van der Waals surface area contributed by atoms with Crippen LogP contribution in [-0.4, -0.2) is 49.7 Å². The van der Waals surface area contributed by atoms with Crippen LogP contribution in [0.3, 0.4) is 0 Å². The van der Waals surface area contributed by atoms with Gasteiger partial charge in [-0.15, -0.1) is 0 Å². The zero-order valence-corrected chi connectivity index (χ0v) is 15.5. The Hall–Kier alpha value is -3.16. The molecular formula is C20H21F2N3O3. The van der Waals surface area contributed by atoms with E-state index in [1.165, 1.54) is 6.07 Å². The van der Waals surface area contributed by atoms with Gasteiger partial charge in [-0.3, -0.25) is 0 Å². The number of rotatable bonds is 4. The van der Waals surface area contributed by atoms with Gasteiger partial charge in [0.25, 0.3) is 0 Å². The van der Waals surface area contributed by atoms with Gasteiger partial charge >= 0.3 is 12.0 Å². The lowest BCUT2D eigenvalue weighted by molar-refractivity contribution is 0.0527. The molecule has 3 rings (SSSR count). The van der Waals surface area contributed by atoms with E-state index in [2.05, 4.69) is 5.32 Å². The van der Waals surface area contributed by atoms with E-state index in [1.54, 1.807) is 24.0 Å². The minimum atomic E-state index is -0.824. The summed E-state index contributed by atoms with van der Waals surface area (Å²) in [7, 11) is 0. The van der Waals surface area contributed by atoms with E-state index in [0.717, 1.165) is 17.8 Å². The molecule has 8 heteroatoms. The predicted molar refractivity (Wildman–Crippen MR) is 102 cm³/mol. The topological polar surface area (TPSA) is 61.9 Å². The van der Waals surface area contributed by atoms with E-state index in [1.807, 2.05) is 17.0 Å². The van der Waals surface area contributed by atoms with Gasteiger partial charge in [-0.05, 0) is 31.2 Å². The van der Waals surface area contributed by atoms with Crippen LogP contribution in [0.5, 0.6) is 0 Å². The van der Waals surface area contributed by atoms with Crippen LogP contribution < -0.4 is 10.2 Å². The van der Waals surface area contributed by atoms with Gasteiger partial charge in [0, 0.05) is 32.2 Å². The van der Waals surface area contributed by atoms with Crippen molar-refractivity contribution in [2.75, 3.05) is 43.0 Å². The largest absolute Gasteiger partial charge is 0.462 e. The normalized spacial score (nSPS) is 14.0. The highest BCUT2D eigenvalue weighted by Crippen LogP contribution is 2.23. The van der Waals surface area contributed by atoms with Crippen molar-refractivity contribution in [3.05, 3.63) is 59.7 Å². The summed E-state index contributed by atoms with van der Waals surface area (Å²) in [6.07, 6.45) is 0. The molecule has 1 saturated heterocycles. The number of hydrogen-bond donors (Lipinski definition) is 1. The van der Waals surface area contributed by atoms with Gasteiger partial charge in [0.05, 0.1) is 23.5 Å². The molecule has 2 amide bonds. The molecule has 0 saturated carbocycles. The van der Waals surface area contributed by atoms with Gasteiger partial charge in [0.15, 0.2) is 0 Å². The Bertz CT molecular complexity index is 868. The highest BCUT2D eigenvalue weighted by atomic mass is 19.1. The van der Waals surface area contributed by atoms with Crippen LogP contribution in [0, 0.1) is 11.6 Å². The Morgan fingerprint density at radius 2 is 1.79 bits per heavy atom. The van der Waals surface area contributed by atoms with Gasteiger partial charge in [0.2, 0.25) is 0 Å². The quantitative estimate of drug-likeness (QED) is 0.813. The highest BCUT2D eigenvalue weighted by molar-refractivity contribution is 5.96. The summed E-state index contributed by atoms with van der Waals surface area (Å²) < 4.78 is 31.8. The number of ether oxygens (including phenoxy) is 1. The molecule has 1 N–H and O–H groups in total. The molecule has 1 aliphatic heterocycles. The Labute approximate surface area is 161 Å². The molecule has 0 bridgehead atoms. The van der Waals surface area contributed by atoms with E-state index >= 15 is 0 Å². The monoisotopic (exact) mass is 389 g/mol. The molecule has 6 nitrogen and oxygen atoms in total. The number of carbonyl (C=O) groups is 2. The zero-order valence-electron chi connectivity index (χ0n) is 15.5. The number of anilines is 2. The lowest BCUT2D eigenvalue weighted by Gasteiger charge is -2.36. The van der Waals surface area contributed by atoms with Crippen LogP contribution in [0.4, 0.5) is 25.0 Å². The average molecular weight is 389 g/mol. The summed E-state index contributed by atoms with van der Waals surface area (Å²) in [6.45, 7) is 3.85. The summed E-state index contributed by atoms with van der Waals surface area (Å²) >= 11 is 0. The maximum absolute atomic E-state index is 13.7. The Morgan fingerprint density at radius 3 is 2.46 bits per heavy atom. The fraction of sp³-hybridized carbons (Fsp3) is 0.300. The van der Waals surface area contributed by atoms with Crippen LogP contribution in [0.2, 0.25) is 0 Å². The van der Waals surface area contributed by atoms with Gasteiger partial charge < -0.3 is 19.9 Å². The summed E-state index contributed by atoms with van der Waals surface area (Å²) in [5.41, 5.74) is 1.17. The summed E-state index contributed by atoms with van der Waals surface area (Å²) in [6, 6.07) is 9.71. The molecule has 148 valence electrons. The molecule has 1 heterocycles. The molecule has 0 atom stereocenters. The number of urea groups is 1. The second-order valence-corrected chi connectivity index (χ2v) is 6.27. The number of benzene rings is 2. The molecule has 0 unspecified atom stereocenters. The zero-order chi connectivity index (χ0) is 20.1. The number of hydrogen-bond acceptors (Lipinski definition) is 4. The van der Waals surface area contributed by atoms with Crippen molar-refractivity contribution >= 4 is 23.4 Å². The third-order valence-corrected chi connectivity index (χ3v) is 4.48. The van der Waals surface area contributed by atoms with Crippen LogP contribution in [0.25, 0.3) is 0 Å². The fourth-order valence-corrected chi connectivity index (χ4v) is 3.07. The van der Waals surface area contributed by atoms with Gasteiger partial charge in [-0.1, -0.05) is 12.1 Å². The molecule has 0 spiro atoms. The van der Waals surface area contributed by atoms with Gasteiger partial charge in [-0.2, -0.15) is 0 Å². The maximum atomic E-state index is 13.7. The Morgan fingerprint density at radius 1 is 1.07 bits per heavy atom. The number of nitrogens with one attached hydrogen (secondary N) is 1. The number of halogens is 2. The van der Waals surface area contributed by atoms with Crippen LogP contribution in [0.15, 0.2) is 42.5 Å². The van der Waals surface area contributed by atoms with Crippen LogP contribution in [0.1, 0.15) is 17.3 Å². The molecule has 2 aromatic carbocycles. The van der Waals surface area contributed by atoms with Crippen molar-refractivity contribution in [2.24, 2.45) is 0 Å². The lowest BCUT2D eigenvalue weighted by atomic mass is 10.1. The number of amides is 2. The molecular weight excluding hydrogens is 368 g/mol. The third-order valence-electron chi connectivity index (χ3n) is 4.48. The van der Waals surface area contributed by atoms with Crippen molar-refractivity contribution in [3.8, 4) is 0 Å². The van der Waals surface area contributed by atoms with Crippen LogP contribution in [-0.2, 0) is 4.74 Å². The van der Waals surface area contributed by atoms with E-state index in [-0.39, 0.29) is 11.7 Å². The number of piperazine rings is 1. The first-order chi connectivity index (χ1) is 13.5. The van der Waals surface area contributed by atoms with E-state index in [4.69, 9.17) is 4.74 Å². The molecule has 28 heavy (non-hydrogen) atoms. The average Bonchev–Trinajstić information content (AvgIpc) is 2.70. The fourth-order valence-electron chi connectivity index (χ4n) is 3.07. The number of esters is 1. The molecule has 2 aromatic rings. The number of para-hydroxylation sites is 1. The van der Waals surface area contributed by atoms with Crippen molar-refractivity contribution in [3.63, 3.8) is 0 Å². The van der Waals surface area contributed by atoms with Gasteiger partial charge in [0.1, 0.15) is 11.6 Å². The predicted octanol–water partition coefficient (Wildman–Crippen LogP) is 3.50. The van der Waals surface area contributed by atoms with Gasteiger partial charge in [-0.25, -0.2) is 18.4 Å². The summed E-state index contributed by atoms with van der Waals surface area (Å²) in [4.78, 5) is 28.1. The minimum absolute atomic E-state index is 0.0681. The first kappa shape index (κ1) is 19.6. The van der Waals surface area contributed by atoms with Crippen LogP contribution >= 0.6 is 0 Å². The van der Waals surface area contributed by atoms with E-state index in [0.29, 0.717) is 38.3 Å². The number of carbonyl (C=O) groups excluding carboxylic acids is 2. The first-order valence-corrected chi connectivity index (χ1v) is 9.01. The minimum Gasteiger partial charge on any atom is -0.462 e. The molecule has 0 aromatic heterocycles. The van der Waals surface area contributed by atoms with Crippen molar-refractivity contribution in [1.29, 1.82) is 0 Å². The second kappa shape index (κ2) is 8.69. The Balaban J connectivity index is 1.63. The Kier molecular flexibility index (Phi) is 6.08. The van der Waals surface area contributed by atoms with Crippen molar-refractivity contribution < 1.29 is 23.1 Å². The van der Waals surface area contributed by atoms with E-state index in [9.17, 15) is 18.4 Å². The highest BCUT2D eigenvalue weighted by Gasteiger charge is 2.24. The third kappa shape index (κ3) is 4.39. The van der Waals surface area contributed by atoms with Crippen molar-refractivity contribution in [2.45, 2.75) is 6.92 Å². The maximum Gasteiger partial charge on any atom is 0.340 e. The number of nitrogens with zero attached hydrogens (tertiary/aromatic N) is 2. The van der Waals surface area contributed by atoms with E-state index < -0.39 is 17.7 Å². The molecule has 0 aliphatic carbocycles. The molecule has 1 aliphatic rings. The summed E-state index contributed by atoms with van der Waals surface area (Å²) in [5.74, 6) is -1.91.